The fraction of sp³-hybridized carbons (Fsp3) is 0.412. The molecule has 4 aromatic carbocycles. The highest BCUT2D eigenvalue weighted by atomic mass is 16.7. The number of hydrogen-bond acceptors (Lipinski definition) is 8. The third kappa shape index (κ3) is 9.09. The average Bonchev–Trinajstić information content (AvgIpc) is 3.28. The van der Waals surface area contributed by atoms with Crippen LogP contribution in [0.3, 0.4) is 0 Å². The number of rotatable bonds is 21. The molecule has 1 aliphatic heterocycles. The number of carbonyl (C=O) groups is 1. The summed E-state index contributed by atoms with van der Waals surface area (Å²) < 4.78 is 20.7. The molecule has 7 rings (SSSR count). The van der Waals surface area contributed by atoms with Gasteiger partial charge in [0.2, 0.25) is 5.79 Å². The first-order valence-corrected chi connectivity index (χ1v) is 21.7. The van der Waals surface area contributed by atoms with Crippen LogP contribution >= 0.6 is 0 Å². The molecule has 0 bridgehead atoms. The van der Waals surface area contributed by atoms with E-state index in [1.54, 1.807) is 12.2 Å². The number of unbranched alkanes of at least 4 members (excludes halogenated alkanes) is 2. The van der Waals surface area contributed by atoms with Gasteiger partial charge in [-0.3, -0.25) is 4.79 Å². The van der Waals surface area contributed by atoms with E-state index in [-0.39, 0.29) is 50.1 Å². The smallest absolute Gasteiger partial charge is 0.254 e. The summed E-state index contributed by atoms with van der Waals surface area (Å²) in [6, 6.07) is 29.4. The zero-order chi connectivity index (χ0) is 41.9. The van der Waals surface area contributed by atoms with Crippen LogP contribution in [0.5, 0.6) is 11.5 Å². The monoisotopic (exact) mass is 812 g/mol. The summed E-state index contributed by atoms with van der Waals surface area (Å²) >= 11 is 0. The van der Waals surface area contributed by atoms with Crippen molar-refractivity contribution in [2.24, 2.45) is 22.9 Å². The summed E-state index contributed by atoms with van der Waals surface area (Å²) in [4.78, 5) is 23.4. The molecule has 316 valence electrons. The van der Waals surface area contributed by atoms with Gasteiger partial charge in [0.15, 0.2) is 0 Å². The van der Waals surface area contributed by atoms with Gasteiger partial charge in [0, 0.05) is 43.2 Å². The summed E-state index contributed by atoms with van der Waals surface area (Å²) in [5.41, 5.74) is 4.37. The highest BCUT2D eigenvalue weighted by molar-refractivity contribution is 6.04. The van der Waals surface area contributed by atoms with Crippen molar-refractivity contribution in [2.75, 3.05) is 33.0 Å². The van der Waals surface area contributed by atoms with Crippen LogP contribution in [-0.4, -0.2) is 71.5 Å². The Morgan fingerprint density at radius 2 is 1.65 bits per heavy atom. The van der Waals surface area contributed by atoms with E-state index < -0.39 is 17.7 Å². The molecule has 0 radical (unpaired) electrons. The van der Waals surface area contributed by atoms with Crippen LogP contribution in [0.15, 0.2) is 133 Å². The highest BCUT2D eigenvalue weighted by Crippen LogP contribution is 2.62. The molecule has 2 N–H and O–H groups in total. The molecule has 1 saturated carbocycles. The molecule has 1 heterocycles. The number of hydrogen-bond donors (Lipinski definition) is 2. The number of benzene rings is 4. The first-order valence-electron chi connectivity index (χ1n) is 21.7. The van der Waals surface area contributed by atoms with Crippen molar-refractivity contribution in [3.8, 4) is 11.5 Å². The Morgan fingerprint density at radius 3 is 2.40 bits per heavy atom. The predicted molar refractivity (Wildman–Crippen MR) is 237 cm³/mol. The highest BCUT2D eigenvalue weighted by Gasteiger charge is 2.65. The fourth-order valence-electron chi connectivity index (χ4n) is 9.78. The molecule has 9 nitrogen and oxygen atoms in total. The summed E-state index contributed by atoms with van der Waals surface area (Å²) in [5, 5.41) is 26.9. The molecule has 60 heavy (non-hydrogen) atoms. The largest absolute Gasteiger partial charge is 0.490 e. The van der Waals surface area contributed by atoms with Crippen LogP contribution in [0, 0.1) is 17.8 Å². The van der Waals surface area contributed by atoms with Crippen molar-refractivity contribution in [3.63, 3.8) is 0 Å². The molecule has 2 aliphatic carbocycles. The van der Waals surface area contributed by atoms with Gasteiger partial charge in [-0.05, 0) is 96.2 Å². The maximum atomic E-state index is 15.2. The fourth-order valence-corrected chi connectivity index (χ4v) is 9.78. The van der Waals surface area contributed by atoms with Gasteiger partial charge in [0.05, 0.1) is 18.2 Å². The Balaban J connectivity index is 1.45. The van der Waals surface area contributed by atoms with Gasteiger partial charge in [-0.15, -0.1) is 6.58 Å². The Kier molecular flexibility index (Phi) is 14.6. The lowest BCUT2D eigenvalue weighted by molar-refractivity contribution is -0.254. The van der Waals surface area contributed by atoms with Gasteiger partial charge in [-0.25, -0.2) is 0 Å². The number of allylic oxidation sites excluding steroid dienone is 1. The zero-order valence-electron chi connectivity index (χ0n) is 34.9. The molecule has 4 aromatic rings. The Hall–Kier alpha value is -5.22. The molecular weight excluding hydrogens is 753 g/mol. The number of carbonyl (C=O) groups excluding carboxylic acids is 1. The summed E-state index contributed by atoms with van der Waals surface area (Å²) in [7, 11) is 0. The van der Waals surface area contributed by atoms with E-state index in [2.05, 4.69) is 38.3 Å². The van der Waals surface area contributed by atoms with Gasteiger partial charge in [-0.2, -0.15) is 0 Å². The van der Waals surface area contributed by atoms with Crippen molar-refractivity contribution in [2.45, 2.75) is 82.6 Å². The maximum Gasteiger partial charge on any atom is 0.254 e. The number of nitrogens with zero attached hydrogens (tertiary/aromatic N) is 2. The van der Waals surface area contributed by atoms with Crippen molar-refractivity contribution in [1.82, 2.24) is 4.90 Å². The number of amides is 1. The molecule has 9 heteroatoms. The van der Waals surface area contributed by atoms with Crippen molar-refractivity contribution in [3.05, 3.63) is 145 Å². The minimum Gasteiger partial charge on any atom is -0.490 e. The van der Waals surface area contributed by atoms with E-state index in [0.717, 1.165) is 58.9 Å². The minimum absolute atomic E-state index is 0.106. The second-order valence-corrected chi connectivity index (χ2v) is 16.2. The average molecular weight is 813 g/mol. The standard InChI is InChI=1S/C51H60N2O7/c1-4-26-53(50(56)40-23-22-37-18-10-11-19-38(37)31-40)47-34-45(52-59-35-36-16-8-7-9-17-36)43-32-39(20-12-14-27-54)42(21-13-15-28-55)48-44-33-41(57-29-5-2)24-25-46(44)60-51(47,49(43)48)58-30-6-3/h5-11,16-19,22-25,31-33,39,42,47-49,54-55H,2-4,12-15,20-21,26-30,34-35H2,1H3/t39-,42+,47-,48+,49+,51+/m0/s1. The maximum absolute atomic E-state index is 15.2. The molecule has 1 fully saturated rings. The van der Waals surface area contributed by atoms with Crippen LogP contribution in [0.25, 0.3) is 10.8 Å². The summed E-state index contributed by atoms with van der Waals surface area (Å²) in [6.45, 7) is 11.6. The molecule has 3 aliphatic rings. The number of fused-ring (bicyclic) bond motifs is 3. The van der Waals surface area contributed by atoms with Crippen molar-refractivity contribution in [1.29, 1.82) is 0 Å². The van der Waals surface area contributed by atoms with Crippen molar-refractivity contribution < 1.29 is 34.1 Å². The molecule has 0 saturated heterocycles. The summed E-state index contributed by atoms with van der Waals surface area (Å²) in [6.07, 6.45) is 11.7. The zero-order valence-corrected chi connectivity index (χ0v) is 34.9. The van der Waals surface area contributed by atoms with Crippen LogP contribution in [0.4, 0.5) is 0 Å². The van der Waals surface area contributed by atoms with E-state index >= 15 is 4.79 Å². The predicted octanol–water partition coefficient (Wildman–Crippen LogP) is 9.79. The second kappa shape index (κ2) is 20.4. The third-order valence-electron chi connectivity index (χ3n) is 12.4. The first kappa shape index (κ1) is 42.9. The molecule has 1 amide bonds. The number of oxime groups is 1. The number of aliphatic hydroxyl groups is 2. The lowest BCUT2D eigenvalue weighted by Gasteiger charge is -2.60. The van der Waals surface area contributed by atoms with Gasteiger partial charge in [0.25, 0.3) is 5.91 Å². The van der Waals surface area contributed by atoms with E-state index in [1.807, 2.05) is 83.8 Å². The quantitative estimate of drug-likeness (QED) is 0.0490. The Labute approximate surface area is 355 Å². The van der Waals surface area contributed by atoms with Crippen LogP contribution in [-0.2, 0) is 16.2 Å². The molecular formula is C51H60N2O7. The van der Waals surface area contributed by atoms with E-state index in [4.69, 9.17) is 24.2 Å². The van der Waals surface area contributed by atoms with Gasteiger partial charge in [-0.1, -0.05) is 110 Å². The second-order valence-electron chi connectivity index (χ2n) is 16.2. The molecule has 0 unspecified atom stereocenters. The number of ether oxygens (including phenoxy) is 3. The van der Waals surface area contributed by atoms with Gasteiger partial charge < -0.3 is 34.2 Å². The topological polar surface area (TPSA) is 110 Å². The van der Waals surface area contributed by atoms with E-state index in [1.165, 1.54) is 0 Å². The summed E-state index contributed by atoms with van der Waals surface area (Å²) in [5.74, 6) is -0.378. The van der Waals surface area contributed by atoms with Crippen LogP contribution in [0.1, 0.15) is 85.7 Å². The minimum atomic E-state index is -1.34. The van der Waals surface area contributed by atoms with Gasteiger partial charge >= 0.3 is 0 Å². The van der Waals surface area contributed by atoms with Crippen LogP contribution in [0.2, 0.25) is 0 Å². The lowest BCUT2D eigenvalue weighted by Crippen LogP contribution is -2.70. The normalized spacial score (nSPS) is 23.5. The Bertz CT molecular complexity index is 2150. The van der Waals surface area contributed by atoms with Crippen LogP contribution < -0.4 is 9.47 Å². The van der Waals surface area contributed by atoms with E-state index in [0.29, 0.717) is 55.9 Å². The van der Waals surface area contributed by atoms with Crippen molar-refractivity contribution >= 4 is 22.4 Å². The molecule has 0 aromatic heterocycles. The SMILES string of the molecule is C=CCOc1ccc2c(c1)[C@H]1[C@H](CCCCO)[C@@H](CCCCO)C=C3C(=NOCc4ccccc4)C[C@H](N(CCC)C(=O)c4ccc5ccccc5c4)[C@@](OCC=C)(O2)[C@H]31. The third-order valence-corrected chi connectivity index (χ3v) is 12.4. The molecule has 0 spiro atoms. The van der Waals surface area contributed by atoms with E-state index in [9.17, 15) is 10.2 Å². The first-order chi connectivity index (χ1) is 29.5. The van der Waals surface area contributed by atoms with Gasteiger partial charge in [0.1, 0.15) is 30.8 Å². The number of aliphatic hydroxyl groups excluding tert-OH is 2. The Morgan fingerprint density at radius 1 is 0.900 bits per heavy atom. The lowest BCUT2D eigenvalue weighted by atomic mass is 9.55. The molecule has 6 atom stereocenters.